The molecule has 0 aliphatic heterocycles. The molecule has 2 amide bonds. The first kappa shape index (κ1) is 15.8. The van der Waals surface area contributed by atoms with Gasteiger partial charge in [0.1, 0.15) is 0 Å². The number of carbonyl (C=O) groups excluding carboxylic acids is 1. The van der Waals surface area contributed by atoms with Crippen LogP contribution in [0.3, 0.4) is 0 Å². The van der Waals surface area contributed by atoms with Gasteiger partial charge in [-0.2, -0.15) is 5.26 Å². The number of nitrogens with zero attached hydrogens (tertiary/aromatic N) is 1. The number of urea groups is 1. The second kappa shape index (κ2) is 7.36. The number of halogens is 1. The lowest BCUT2D eigenvalue weighted by Gasteiger charge is -2.16. The Balaban J connectivity index is 2.66. The normalized spacial score (nSPS) is 11.2. The molecule has 0 saturated carbocycles. The predicted molar refractivity (Wildman–Crippen MR) is 74.7 cm³/mol. The maximum Gasteiger partial charge on any atom is 0.319 e. The van der Waals surface area contributed by atoms with Crippen LogP contribution in [0.15, 0.2) is 18.2 Å². The molecule has 0 fully saturated rings. The summed E-state index contributed by atoms with van der Waals surface area (Å²) in [4.78, 5) is 22.3. The summed E-state index contributed by atoms with van der Waals surface area (Å²) in [6.45, 7) is 1.78. The highest BCUT2D eigenvalue weighted by atomic mass is 35.5. The van der Waals surface area contributed by atoms with Gasteiger partial charge in [-0.1, -0.05) is 18.5 Å². The average Bonchev–Trinajstić information content (AvgIpc) is 2.39. The molecular weight excluding hydrogens is 282 g/mol. The van der Waals surface area contributed by atoms with E-state index in [0.29, 0.717) is 17.7 Å². The maximum atomic E-state index is 11.7. The van der Waals surface area contributed by atoms with E-state index < -0.39 is 18.0 Å². The maximum absolute atomic E-state index is 11.7. The minimum atomic E-state index is -0.978. The van der Waals surface area contributed by atoms with Gasteiger partial charge in [0.15, 0.2) is 0 Å². The Morgan fingerprint density at radius 1 is 1.50 bits per heavy atom. The lowest BCUT2D eigenvalue weighted by atomic mass is 10.1. The number of amides is 2. The Morgan fingerprint density at radius 2 is 2.20 bits per heavy atom. The first-order chi connectivity index (χ1) is 9.46. The molecule has 1 unspecified atom stereocenters. The number of carboxylic acids is 1. The number of nitriles is 1. The summed E-state index contributed by atoms with van der Waals surface area (Å²) in [6, 6.07) is 5.41. The summed E-state index contributed by atoms with van der Waals surface area (Å²) in [5.41, 5.74) is 0.742. The number of nitrogens with one attached hydrogen (secondary N) is 2. The number of aliphatic carboxylic acids is 1. The van der Waals surface area contributed by atoms with Gasteiger partial charge in [0.2, 0.25) is 0 Å². The highest BCUT2D eigenvalue weighted by Crippen LogP contribution is 2.22. The van der Waals surface area contributed by atoms with Gasteiger partial charge in [0.05, 0.1) is 28.8 Å². The third-order valence-corrected chi connectivity index (χ3v) is 2.91. The molecule has 0 aliphatic carbocycles. The Labute approximate surface area is 121 Å². The summed E-state index contributed by atoms with van der Waals surface area (Å²) in [5.74, 6) is -0.978. The molecule has 0 aromatic heterocycles. The van der Waals surface area contributed by atoms with Crippen molar-refractivity contribution in [2.45, 2.75) is 25.8 Å². The SMILES string of the molecule is CCC(CC(=O)O)NC(=O)Nc1ccc(C#N)cc1Cl. The molecule has 20 heavy (non-hydrogen) atoms. The fourth-order valence-corrected chi connectivity index (χ4v) is 1.77. The number of rotatable bonds is 5. The van der Waals surface area contributed by atoms with Gasteiger partial charge in [0.25, 0.3) is 0 Å². The molecule has 0 aliphatic rings. The molecule has 0 radical (unpaired) electrons. The van der Waals surface area contributed by atoms with Gasteiger partial charge in [-0.25, -0.2) is 4.79 Å². The Kier molecular flexibility index (Phi) is 5.81. The molecule has 1 aromatic rings. The highest BCUT2D eigenvalue weighted by molar-refractivity contribution is 6.33. The fourth-order valence-electron chi connectivity index (χ4n) is 1.54. The zero-order valence-corrected chi connectivity index (χ0v) is 11.6. The average molecular weight is 296 g/mol. The monoisotopic (exact) mass is 295 g/mol. The lowest BCUT2D eigenvalue weighted by Crippen LogP contribution is -2.38. The van der Waals surface area contributed by atoms with E-state index in [2.05, 4.69) is 10.6 Å². The van der Waals surface area contributed by atoms with Gasteiger partial charge in [-0.3, -0.25) is 4.79 Å². The highest BCUT2D eigenvalue weighted by Gasteiger charge is 2.14. The predicted octanol–water partition coefficient (Wildman–Crippen LogP) is 2.59. The third kappa shape index (κ3) is 4.78. The molecule has 3 N–H and O–H groups in total. The van der Waals surface area contributed by atoms with E-state index >= 15 is 0 Å². The van der Waals surface area contributed by atoms with Crippen LogP contribution in [-0.2, 0) is 4.79 Å². The molecule has 0 spiro atoms. The van der Waals surface area contributed by atoms with Crippen LogP contribution in [0.25, 0.3) is 0 Å². The zero-order chi connectivity index (χ0) is 15.1. The van der Waals surface area contributed by atoms with Gasteiger partial charge >= 0.3 is 12.0 Å². The molecule has 6 nitrogen and oxygen atoms in total. The van der Waals surface area contributed by atoms with E-state index in [-0.39, 0.29) is 11.4 Å². The van der Waals surface area contributed by atoms with Crippen molar-refractivity contribution in [2.75, 3.05) is 5.32 Å². The molecule has 1 atom stereocenters. The van der Waals surface area contributed by atoms with Crippen molar-refractivity contribution >= 4 is 29.3 Å². The van der Waals surface area contributed by atoms with Crippen molar-refractivity contribution in [1.82, 2.24) is 5.32 Å². The largest absolute Gasteiger partial charge is 0.481 e. The van der Waals surface area contributed by atoms with Crippen molar-refractivity contribution in [3.05, 3.63) is 28.8 Å². The molecule has 1 rings (SSSR count). The topological polar surface area (TPSA) is 102 Å². The van der Waals surface area contributed by atoms with Crippen LogP contribution < -0.4 is 10.6 Å². The molecule has 106 valence electrons. The summed E-state index contributed by atoms with van der Waals surface area (Å²) in [7, 11) is 0. The summed E-state index contributed by atoms with van der Waals surface area (Å²) >= 11 is 5.92. The Hall–Kier alpha value is -2.26. The quantitative estimate of drug-likeness (QED) is 0.777. The standard InChI is InChI=1S/C13H14ClN3O3/c1-2-9(6-12(18)19)16-13(20)17-11-4-3-8(7-15)5-10(11)14/h3-5,9H,2,6H2,1H3,(H,18,19)(H2,16,17,20). The van der Waals surface area contributed by atoms with Crippen LogP contribution in [0.5, 0.6) is 0 Å². The van der Waals surface area contributed by atoms with Gasteiger partial charge < -0.3 is 15.7 Å². The van der Waals surface area contributed by atoms with Gasteiger partial charge in [-0.15, -0.1) is 0 Å². The molecule has 0 heterocycles. The zero-order valence-electron chi connectivity index (χ0n) is 10.8. The van der Waals surface area contributed by atoms with E-state index in [1.165, 1.54) is 18.2 Å². The van der Waals surface area contributed by atoms with Crippen LogP contribution >= 0.6 is 11.6 Å². The number of hydrogen-bond donors (Lipinski definition) is 3. The van der Waals surface area contributed by atoms with E-state index in [1.54, 1.807) is 6.92 Å². The summed E-state index contributed by atoms with van der Waals surface area (Å²) < 4.78 is 0. The van der Waals surface area contributed by atoms with E-state index in [0.717, 1.165) is 0 Å². The van der Waals surface area contributed by atoms with Crippen LogP contribution in [0.2, 0.25) is 5.02 Å². The van der Waals surface area contributed by atoms with Crippen molar-refractivity contribution < 1.29 is 14.7 Å². The van der Waals surface area contributed by atoms with Crippen LogP contribution in [-0.4, -0.2) is 23.1 Å². The Bertz CT molecular complexity index is 554. The molecule has 0 bridgehead atoms. The number of hydrogen-bond acceptors (Lipinski definition) is 3. The van der Waals surface area contributed by atoms with Crippen molar-refractivity contribution in [2.24, 2.45) is 0 Å². The minimum Gasteiger partial charge on any atom is -0.481 e. The number of benzene rings is 1. The van der Waals surface area contributed by atoms with Crippen molar-refractivity contribution in [1.29, 1.82) is 5.26 Å². The first-order valence-corrected chi connectivity index (χ1v) is 6.33. The third-order valence-electron chi connectivity index (χ3n) is 2.60. The molecule has 7 heteroatoms. The summed E-state index contributed by atoms with van der Waals surface area (Å²) in [6.07, 6.45) is 0.353. The Morgan fingerprint density at radius 3 is 2.70 bits per heavy atom. The molecular formula is C13H14ClN3O3. The molecule has 0 saturated heterocycles. The smallest absolute Gasteiger partial charge is 0.319 e. The van der Waals surface area contributed by atoms with E-state index in [4.69, 9.17) is 22.0 Å². The van der Waals surface area contributed by atoms with Crippen molar-refractivity contribution in [3.8, 4) is 6.07 Å². The fraction of sp³-hybridized carbons (Fsp3) is 0.308. The second-order valence-corrected chi connectivity index (χ2v) is 4.52. The summed E-state index contributed by atoms with van der Waals surface area (Å²) in [5, 5.41) is 22.7. The second-order valence-electron chi connectivity index (χ2n) is 4.11. The van der Waals surface area contributed by atoms with Gasteiger partial charge in [-0.05, 0) is 24.6 Å². The number of carboxylic acid groups (broad SMARTS) is 1. The minimum absolute atomic E-state index is 0.148. The van der Waals surface area contributed by atoms with Crippen LogP contribution in [0.1, 0.15) is 25.3 Å². The van der Waals surface area contributed by atoms with Crippen LogP contribution in [0.4, 0.5) is 10.5 Å². The van der Waals surface area contributed by atoms with Gasteiger partial charge in [0, 0.05) is 6.04 Å². The van der Waals surface area contributed by atoms with E-state index in [9.17, 15) is 9.59 Å². The first-order valence-electron chi connectivity index (χ1n) is 5.95. The lowest BCUT2D eigenvalue weighted by molar-refractivity contribution is -0.137. The number of carbonyl (C=O) groups is 2. The number of anilines is 1. The van der Waals surface area contributed by atoms with Crippen LogP contribution in [0, 0.1) is 11.3 Å². The van der Waals surface area contributed by atoms with Crippen molar-refractivity contribution in [3.63, 3.8) is 0 Å². The van der Waals surface area contributed by atoms with E-state index in [1.807, 2.05) is 6.07 Å². The molecule has 1 aromatic carbocycles.